The largest absolute Gasteiger partial charge is 0.351 e. The van der Waals surface area contributed by atoms with Gasteiger partial charge in [0.2, 0.25) is 0 Å². The lowest BCUT2D eigenvalue weighted by Crippen LogP contribution is -2.26. The normalized spacial score (nSPS) is 11.2. The van der Waals surface area contributed by atoms with E-state index < -0.39 is 0 Å². The number of carbonyl (C=O) groups is 1. The van der Waals surface area contributed by atoms with Crippen molar-refractivity contribution < 1.29 is 4.79 Å². The maximum absolute atomic E-state index is 12.1. The summed E-state index contributed by atoms with van der Waals surface area (Å²) < 4.78 is 0. The highest BCUT2D eigenvalue weighted by Crippen LogP contribution is 2.16. The molecule has 0 aliphatic heterocycles. The van der Waals surface area contributed by atoms with E-state index in [4.69, 9.17) is 0 Å². The molecule has 0 fully saturated rings. The van der Waals surface area contributed by atoms with Crippen LogP contribution in [0.1, 0.15) is 36.5 Å². The summed E-state index contributed by atoms with van der Waals surface area (Å²) in [6, 6.07) is 19.8. The molecule has 0 atom stereocenters. The fourth-order valence-corrected chi connectivity index (χ4v) is 2.35. The quantitative estimate of drug-likeness (QED) is 0.644. The van der Waals surface area contributed by atoms with Crippen molar-refractivity contribution >= 4 is 12.0 Å². The third kappa shape index (κ3) is 5.10. The highest BCUT2D eigenvalue weighted by atomic mass is 16.1. The Morgan fingerprint density at radius 2 is 1.79 bits per heavy atom. The topological polar surface area (TPSA) is 52.9 Å². The fraction of sp³-hybridized carbons (Fsp3) is 0.238. The number of hydrogen-bond acceptors (Lipinski definition) is 2. The smallest absolute Gasteiger partial charge is 0.261 e. The van der Waals surface area contributed by atoms with Gasteiger partial charge >= 0.3 is 0 Å². The molecule has 0 saturated heterocycles. The van der Waals surface area contributed by atoms with Gasteiger partial charge in [0.25, 0.3) is 5.91 Å². The zero-order valence-corrected chi connectivity index (χ0v) is 14.1. The van der Waals surface area contributed by atoms with Gasteiger partial charge in [-0.2, -0.15) is 5.26 Å². The zero-order valence-electron chi connectivity index (χ0n) is 14.1. The van der Waals surface area contributed by atoms with Crippen molar-refractivity contribution in [3.05, 3.63) is 76.9 Å². The fourth-order valence-electron chi connectivity index (χ4n) is 2.35. The summed E-state index contributed by atoms with van der Waals surface area (Å²) in [5.74, 6) is 0.126. The second kappa shape index (κ2) is 8.69. The summed E-state index contributed by atoms with van der Waals surface area (Å²) in [6.07, 6.45) is 2.37. The number of benzene rings is 2. The average Bonchev–Trinajstić information content (AvgIpc) is 2.60. The molecule has 122 valence electrons. The second-order valence-electron chi connectivity index (χ2n) is 5.98. The van der Waals surface area contributed by atoms with Crippen LogP contribution in [0.3, 0.4) is 0 Å². The Labute approximate surface area is 143 Å². The predicted molar refractivity (Wildman–Crippen MR) is 97.3 cm³/mol. The third-order valence-electron chi connectivity index (χ3n) is 3.82. The minimum atomic E-state index is -0.332. The number of rotatable bonds is 6. The molecule has 0 spiro atoms. The first kappa shape index (κ1) is 17.5. The van der Waals surface area contributed by atoms with Crippen LogP contribution >= 0.6 is 0 Å². The standard InChI is InChI=1S/C21H22N2O/c1-16(2)19-10-8-18(9-11-19)14-20(15-22)21(24)23-13-12-17-6-4-3-5-7-17/h3-11,14,16H,12-13H2,1-2H3,(H,23,24)/b20-14+. The van der Waals surface area contributed by atoms with Crippen molar-refractivity contribution in [2.24, 2.45) is 0 Å². The van der Waals surface area contributed by atoms with Gasteiger partial charge in [0, 0.05) is 6.54 Å². The Hall–Kier alpha value is -2.86. The molecule has 2 aromatic rings. The molecule has 0 unspecified atom stereocenters. The average molecular weight is 318 g/mol. The van der Waals surface area contributed by atoms with E-state index in [1.165, 1.54) is 5.56 Å². The monoisotopic (exact) mass is 318 g/mol. The molecule has 0 aliphatic carbocycles. The lowest BCUT2D eigenvalue weighted by atomic mass is 10.0. The van der Waals surface area contributed by atoms with Crippen LogP contribution in [0.2, 0.25) is 0 Å². The summed E-state index contributed by atoms with van der Waals surface area (Å²) in [6.45, 7) is 4.77. The van der Waals surface area contributed by atoms with Crippen LogP contribution in [0.5, 0.6) is 0 Å². The van der Waals surface area contributed by atoms with Crippen molar-refractivity contribution in [3.8, 4) is 6.07 Å². The van der Waals surface area contributed by atoms with Gasteiger partial charge < -0.3 is 5.32 Å². The first-order chi connectivity index (χ1) is 11.6. The molecule has 0 heterocycles. The van der Waals surface area contributed by atoms with E-state index >= 15 is 0 Å². The molecular formula is C21H22N2O. The van der Waals surface area contributed by atoms with Crippen LogP contribution in [-0.2, 0) is 11.2 Å². The van der Waals surface area contributed by atoms with Crippen LogP contribution in [0, 0.1) is 11.3 Å². The van der Waals surface area contributed by atoms with Gasteiger partial charge in [0.05, 0.1) is 0 Å². The van der Waals surface area contributed by atoms with E-state index in [0.717, 1.165) is 17.5 Å². The van der Waals surface area contributed by atoms with Gasteiger partial charge in [0.15, 0.2) is 0 Å². The van der Waals surface area contributed by atoms with E-state index in [0.29, 0.717) is 12.5 Å². The minimum Gasteiger partial charge on any atom is -0.351 e. The molecule has 3 heteroatoms. The molecule has 1 amide bonds. The van der Waals surface area contributed by atoms with Gasteiger partial charge in [-0.15, -0.1) is 0 Å². The Bertz CT molecular complexity index is 738. The summed E-state index contributed by atoms with van der Waals surface area (Å²) in [5, 5.41) is 12.0. The zero-order chi connectivity index (χ0) is 17.4. The van der Waals surface area contributed by atoms with Crippen LogP contribution < -0.4 is 5.32 Å². The maximum atomic E-state index is 12.1. The minimum absolute atomic E-state index is 0.125. The van der Waals surface area contributed by atoms with Crippen LogP contribution in [0.25, 0.3) is 6.08 Å². The van der Waals surface area contributed by atoms with Crippen molar-refractivity contribution in [1.29, 1.82) is 5.26 Å². The molecule has 2 aromatic carbocycles. The molecule has 0 bridgehead atoms. The lowest BCUT2D eigenvalue weighted by Gasteiger charge is -2.06. The van der Waals surface area contributed by atoms with Gasteiger partial charge in [-0.3, -0.25) is 4.79 Å². The molecule has 1 N–H and O–H groups in total. The van der Waals surface area contributed by atoms with Crippen molar-refractivity contribution in [2.45, 2.75) is 26.2 Å². The van der Waals surface area contributed by atoms with Crippen molar-refractivity contribution in [1.82, 2.24) is 5.32 Å². The third-order valence-corrected chi connectivity index (χ3v) is 3.82. The van der Waals surface area contributed by atoms with E-state index in [-0.39, 0.29) is 11.5 Å². The highest BCUT2D eigenvalue weighted by molar-refractivity contribution is 6.01. The van der Waals surface area contributed by atoms with Crippen LogP contribution in [-0.4, -0.2) is 12.5 Å². The predicted octanol–water partition coefficient (Wildman–Crippen LogP) is 4.08. The Morgan fingerprint density at radius 3 is 2.38 bits per heavy atom. The molecule has 0 radical (unpaired) electrons. The van der Waals surface area contributed by atoms with Crippen LogP contribution in [0.4, 0.5) is 0 Å². The molecule has 0 aliphatic rings. The number of nitrogens with one attached hydrogen (secondary N) is 1. The maximum Gasteiger partial charge on any atom is 0.261 e. The molecular weight excluding hydrogens is 296 g/mol. The molecule has 3 nitrogen and oxygen atoms in total. The molecule has 0 saturated carbocycles. The Kier molecular flexibility index (Phi) is 6.33. The number of nitrogens with zero attached hydrogens (tertiary/aromatic N) is 1. The lowest BCUT2D eigenvalue weighted by molar-refractivity contribution is -0.117. The summed E-state index contributed by atoms with van der Waals surface area (Å²) >= 11 is 0. The second-order valence-corrected chi connectivity index (χ2v) is 5.98. The first-order valence-corrected chi connectivity index (χ1v) is 8.14. The van der Waals surface area contributed by atoms with E-state index in [2.05, 4.69) is 19.2 Å². The van der Waals surface area contributed by atoms with E-state index in [1.54, 1.807) is 6.08 Å². The van der Waals surface area contributed by atoms with Crippen molar-refractivity contribution in [3.63, 3.8) is 0 Å². The number of amides is 1. The number of nitriles is 1. The van der Waals surface area contributed by atoms with Crippen molar-refractivity contribution in [2.75, 3.05) is 6.54 Å². The van der Waals surface area contributed by atoms with E-state index in [1.807, 2.05) is 60.7 Å². The Balaban J connectivity index is 1.96. The Morgan fingerprint density at radius 1 is 1.12 bits per heavy atom. The summed E-state index contributed by atoms with van der Waals surface area (Å²) in [7, 11) is 0. The molecule has 0 aromatic heterocycles. The SMILES string of the molecule is CC(C)c1ccc(/C=C(\C#N)C(=O)NCCc2ccccc2)cc1. The van der Waals surface area contributed by atoms with Gasteiger partial charge in [-0.05, 0) is 35.1 Å². The summed E-state index contributed by atoms with van der Waals surface area (Å²) in [4.78, 5) is 12.1. The van der Waals surface area contributed by atoms with Gasteiger partial charge in [-0.25, -0.2) is 0 Å². The first-order valence-electron chi connectivity index (χ1n) is 8.14. The molecule has 2 rings (SSSR count). The van der Waals surface area contributed by atoms with Gasteiger partial charge in [-0.1, -0.05) is 68.4 Å². The molecule has 24 heavy (non-hydrogen) atoms. The number of carbonyl (C=O) groups excluding carboxylic acids is 1. The number of hydrogen-bond donors (Lipinski definition) is 1. The summed E-state index contributed by atoms with van der Waals surface area (Å²) in [5.41, 5.74) is 3.37. The van der Waals surface area contributed by atoms with Gasteiger partial charge in [0.1, 0.15) is 11.6 Å². The van der Waals surface area contributed by atoms with Crippen LogP contribution in [0.15, 0.2) is 60.2 Å². The highest BCUT2D eigenvalue weighted by Gasteiger charge is 2.08. The van der Waals surface area contributed by atoms with E-state index in [9.17, 15) is 10.1 Å².